The Kier molecular flexibility index (Phi) is 3.92. The Labute approximate surface area is 134 Å². The van der Waals surface area contributed by atoms with Gasteiger partial charge >= 0.3 is 0 Å². The van der Waals surface area contributed by atoms with E-state index in [1.54, 1.807) is 26.2 Å². The SMILES string of the molecule is COc1ccc(C2C(O)C(c3c(C)cc(O)cc3O)C2O)cc1. The molecule has 1 fully saturated rings. The molecular formula is C18H20O5. The molecule has 2 aromatic carbocycles. The molecule has 0 radical (unpaired) electrons. The molecule has 0 aliphatic heterocycles. The fourth-order valence-corrected chi connectivity index (χ4v) is 3.46. The van der Waals surface area contributed by atoms with Crippen molar-refractivity contribution < 1.29 is 25.2 Å². The Hall–Kier alpha value is -2.24. The number of ether oxygens (including phenoxy) is 1. The summed E-state index contributed by atoms with van der Waals surface area (Å²) in [5, 5.41) is 40.6. The van der Waals surface area contributed by atoms with Crippen LogP contribution in [0.4, 0.5) is 0 Å². The highest BCUT2D eigenvalue weighted by molar-refractivity contribution is 5.50. The molecule has 5 heteroatoms. The molecule has 1 saturated carbocycles. The number of hydrogen-bond donors (Lipinski definition) is 4. The monoisotopic (exact) mass is 316 g/mol. The first-order valence-corrected chi connectivity index (χ1v) is 7.46. The van der Waals surface area contributed by atoms with Crippen LogP contribution in [-0.4, -0.2) is 39.7 Å². The molecule has 2 aromatic rings. The molecule has 3 rings (SSSR count). The summed E-state index contributed by atoms with van der Waals surface area (Å²) < 4.78 is 5.11. The van der Waals surface area contributed by atoms with Gasteiger partial charge in [0.25, 0.3) is 0 Å². The molecule has 0 saturated heterocycles. The van der Waals surface area contributed by atoms with Crippen molar-refractivity contribution in [2.75, 3.05) is 7.11 Å². The molecule has 5 nitrogen and oxygen atoms in total. The standard InChI is InChI=1S/C18H20O5/c1-9-7-11(19)8-13(20)14(9)16-17(21)15(18(16)22)10-3-5-12(23-2)6-4-10/h3-8,15-22H,1-2H3. The van der Waals surface area contributed by atoms with Crippen LogP contribution in [-0.2, 0) is 0 Å². The van der Waals surface area contributed by atoms with Crippen LogP contribution in [0.5, 0.6) is 17.2 Å². The van der Waals surface area contributed by atoms with Crippen LogP contribution in [0.3, 0.4) is 0 Å². The first kappa shape index (κ1) is 15.6. The second-order valence-corrected chi connectivity index (χ2v) is 6.00. The minimum Gasteiger partial charge on any atom is -0.508 e. The molecule has 23 heavy (non-hydrogen) atoms. The molecular weight excluding hydrogens is 296 g/mol. The van der Waals surface area contributed by atoms with E-state index in [-0.39, 0.29) is 11.5 Å². The Morgan fingerprint density at radius 1 is 0.913 bits per heavy atom. The maximum Gasteiger partial charge on any atom is 0.123 e. The molecule has 1 aliphatic rings. The van der Waals surface area contributed by atoms with Crippen LogP contribution >= 0.6 is 0 Å². The molecule has 4 N–H and O–H groups in total. The van der Waals surface area contributed by atoms with E-state index in [9.17, 15) is 20.4 Å². The fourth-order valence-electron chi connectivity index (χ4n) is 3.46. The Balaban J connectivity index is 1.89. The van der Waals surface area contributed by atoms with Gasteiger partial charge in [-0.25, -0.2) is 0 Å². The molecule has 1 aliphatic carbocycles. The number of phenols is 2. The van der Waals surface area contributed by atoms with Crippen molar-refractivity contribution in [3.63, 3.8) is 0 Å². The molecule has 0 bridgehead atoms. The van der Waals surface area contributed by atoms with E-state index < -0.39 is 24.0 Å². The maximum atomic E-state index is 10.5. The van der Waals surface area contributed by atoms with Gasteiger partial charge < -0.3 is 25.2 Å². The number of aliphatic hydroxyl groups is 2. The van der Waals surface area contributed by atoms with E-state index in [0.717, 1.165) is 5.56 Å². The molecule has 0 amide bonds. The Bertz CT molecular complexity index is 677. The second-order valence-electron chi connectivity index (χ2n) is 6.00. The number of benzene rings is 2. The number of phenolic OH excluding ortho intramolecular Hbond substituents is 2. The predicted octanol–water partition coefficient (Wildman–Crippen LogP) is 2.02. The molecule has 0 aromatic heterocycles. The van der Waals surface area contributed by atoms with Crippen LogP contribution in [0.25, 0.3) is 0 Å². The van der Waals surface area contributed by atoms with Crippen molar-refractivity contribution in [2.45, 2.75) is 31.0 Å². The van der Waals surface area contributed by atoms with Gasteiger partial charge in [-0.1, -0.05) is 12.1 Å². The highest BCUT2D eigenvalue weighted by atomic mass is 16.5. The van der Waals surface area contributed by atoms with E-state index in [1.165, 1.54) is 12.1 Å². The maximum absolute atomic E-state index is 10.5. The van der Waals surface area contributed by atoms with Crippen molar-refractivity contribution in [2.24, 2.45) is 0 Å². The lowest BCUT2D eigenvalue weighted by Gasteiger charge is -2.47. The lowest BCUT2D eigenvalue weighted by atomic mass is 9.62. The predicted molar refractivity (Wildman–Crippen MR) is 85.0 cm³/mol. The normalized spacial score (nSPS) is 26.6. The summed E-state index contributed by atoms with van der Waals surface area (Å²) in [5.74, 6) is -0.445. The van der Waals surface area contributed by atoms with E-state index in [4.69, 9.17) is 4.74 Å². The zero-order chi connectivity index (χ0) is 16.7. The third-order valence-corrected chi connectivity index (χ3v) is 4.66. The third-order valence-electron chi connectivity index (χ3n) is 4.66. The first-order chi connectivity index (χ1) is 10.9. The average Bonchev–Trinajstić information content (AvgIpc) is 2.51. The van der Waals surface area contributed by atoms with Crippen molar-refractivity contribution in [1.82, 2.24) is 0 Å². The van der Waals surface area contributed by atoms with Gasteiger partial charge in [0.15, 0.2) is 0 Å². The van der Waals surface area contributed by atoms with Crippen LogP contribution < -0.4 is 4.74 Å². The van der Waals surface area contributed by atoms with Crippen LogP contribution in [0.2, 0.25) is 0 Å². The van der Waals surface area contributed by atoms with Crippen LogP contribution in [0, 0.1) is 6.92 Å². The summed E-state index contributed by atoms with van der Waals surface area (Å²) in [6.07, 6.45) is -1.62. The number of hydrogen-bond acceptors (Lipinski definition) is 5. The molecule has 0 spiro atoms. The summed E-state index contributed by atoms with van der Waals surface area (Å²) in [6.45, 7) is 1.73. The van der Waals surface area contributed by atoms with E-state index in [0.29, 0.717) is 16.9 Å². The third kappa shape index (κ3) is 2.52. The summed E-state index contributed by atoms with van der Waals surface area (Å²) in [5.41, 5.74) is 1.93. The van der Waals surface area contributed by atoms with Crippen molar-refractivity contribution >= 4 is 0 Å². The Morgan fingerprint density at radius 3 is 2.04 bits per heavy atom. The molecule has 2 unspecified atom stereocenters. The van der Waals surface area contributed by atoms with Gasteiger partial charge in [-0.3, -0.25) is 0 Å². The number of aliphatic hydroxyl groups excluding tert-OH is 2. The van der Waals surface area contributed by atoms with Crippen molar-refractivity contribution in [1.29, 1.82) is 0 Å². The fraction of sp³-hybridized carbons (Fsp3) is 0.333. The number of aromatic hydroxyl groups is 2. The highest BCUT2D eigenvalue weighted by Crippen LogP contribution is 2.51. The van der Waals surface area contributed by atoms with Crippen LogP contribution in [0.1, 0.15) is 28.5 Å². The molecule has 0 heterocycles. The highest BCUT2D eigenvalue weighted by Gasteiger charge is 2.51. The summed E-state index contributed by atoms with van der Waals surface area (Å²) in [4.78, 5) is 0. The van der Waals surface area contributed by atoms with Gasteiger partial charge in [-0.2, -0.15) is 0 Å². The molecule has 122 valence electrons. The summed E-state index contributed by atoms with van der Waals surface area (Å²) in [6, 6.07) is 9.93. The van der Waals surface area contributed by atoms with E-state index in [1.807, 2.05) is 12.1 Å². The van der Waals surface area contributed by atoms with E-state index in [2.05, 4.69) is 0 Å². The lowest BCUT2D eigenvalue weighted by molar-refractivity contribution is -0.0794. The van der Waals surface area contributed by atoms with E-state index >= 15 is 0 Å². The summed E-state index contributed by atoms with van der Waals surface area (Å²) >= 11 is 0. The number of aryl methyl sites for hydroxylation is 1. The summed E-state index contributed by atoms with van der Waals surface area (Å²) in [7, 11) is 1.58. The molecule has 2 atom stereocenters. The zero-order valence-electron chi connectivity index (χ0n) is 13.0. The van der Waals surface area contributed by atoms with Gasteiger partial charge in [-0.15, -0.1) is 0 Å². The van der Waals surface area contributed by atoms with Crippen molar-refractivity contribution in [3.05, 3.63) is 53.1 Å². The van der Waals surface area contributed by atoms with Gasteiger partial charge in [0.1, 0.15) is 17.2 Å². The Morgan fingerprint density at radius 2 is 1.52 bits per heavy atom. The quantitative estimate of drug-likeness (QED) is 0.695. The lowest BCUT2D eigenvalue weighted by Crippen LogP contribution is -2.51. The minimum absolute atomic E-state index is 0.0428. The smallest absolute Gasteiger partial charge is 0.123 e. The van der Waals surface area contributed by atoms with Gasteiger partial charge in [0, 0.05) is 23.5 Å². The number of rotatable bonds is 3. The largest absolute Gasteiger partial charge is 0.508 e. The van der Waals surface area contributed by atoms with Crippen LogP contribution in [0.15, 0.2) is 36.4 Å². The minimum atomic E-state index is -0.812. The zero-order valence-corrected chi connectivity index (χ0v) is 13.0. The van der Waals surface area contributed by atoms with Gasteiger partial charge in [0.05, 0.1) is 19.3 Å². The second kappa shape index (κ2) is 5.76. The number of methoxy groups -OCH3 is 1. The topological polar surface area (TPSA) is 90.2 Å². The van der Waals surface area contributed by atoms with Gasteiger partial charge in [-0.05, 0) is 36.2 Å². The first-order valence-electron chi connectivity index (χ1n) is 7.46. The average molecular weight is 316 g/mol. The van der Waals surface area contributed by atoms with Gasteiger partial charge in [0.2, 0.25) is 0 Å². The van der Waals surface area contributed by atoms with Crippen molar-refractivity contribution in [3.8, 4) is 17.2 Å².